The Bertz CT molecular complexity index is 1600. The summed E-state index contributed by atoms with van der Waals surface area (Å²) in [6.45, 7) is 1.31. The molecular formula is C26H22N4O7S2. The molecular weight excluding hydrogens is 544 g/mol. The molecule has 0 aliphatic heterocycles. The van der Waals surface area contributed by atoms with Gasteiger partial charge in [-0.1, -0.05) is 0 Å². The van der Waals surface area contributed by atoms with Crippen LogP contribution in [0.3, 0.4) is 0 Å². The number of carboxylic acid groups (broad SMARTS) is 2. The van der Waals surface area contributed by atoms with Gasteiger partial charge in [-0.15, -0.1) is 22.7 Å². The second kappa shape index (κ2) is 11.3. The van der Waals surface area contributed by atoms with E-state index in [2.05, 4.69) is 4.99 Å². The normalized spacial score (nSPS) is 11.5. The number of aliphatic imine (C=N–C) groups is 1. The number of nitrogens with zero attached hydrogens (tertiary/aromatic N) is 2. The van der Waals surface area contributed by atoms with Gasteiger partial charge in [0.2, 0.25) is 0 Å². The fraction of sp³-hybridized carbons (Fsp3) is 0.115. The number of hydrogen-bond donors (Lipinski definition) is 4. The highest BCUT2D eigenvalue weighted by atomic mass is 32.1. The minimum atomic E-state index is -1.20. The Kier molecular flexibility index (Phi) is 7.93. The monoisotopic (exact) mass is 566 g/mol. The SMILES string of the molecule is C[C@H](C(=O)O)N(Cc1csc(C(=O)O)c1)C(=O)c1csc2cc(OC(=O)c3ccc(N=C(N)N)cc3)ccc12. The summed E-state index contributed by atoms with van der Waals surface area (Å²) < 4.78 is 6.13. The average Bonchev–Trinajstić information content (AvgIpc) is 3.53. The van der Waals surface area contributed by atoms with E-state index in [4.69, 9.17) is 16.2 Å². The molecule has 1 amide bonds. The van der Waals surface area contributed by atoms with E-state index in [0.29, 0.717) is 21.3 Å². The maximum atomic E-state index is 13.5. The molecule has 0 radical (unpaired) electrons. The number of nitrogens with two attached hydrogens (primary N) is 2. The molecule has 0 saturated carbocycles. The molecule has 11 nitrogen and oxygen atoms in total. The van der Waals surface area contributed by atoms with Crippen molar-refractivity contribution in [1.29, 1.82) is 0 Å². The standard InChI is InChI=1S/C26H22N4O7S2/c1-13(23(32)33)30(10-14-8-21(24(34)35)38-11-14)22(31)19-12-39-20-9-17(6-7-18(19)20)37-25(36)15-2-4-16(5-3-15)29-26(27)28/h2-9,11-13H,10H2,1H3,(H,32,33)(H,34,35)(H4,27,28,29)/t13-/m1/s1. The van der Waals surface area contributed by atoms with Gasteiger partial charge in [-0.05, 0) is 66.4 Å². The Morgan fingerprint density at radius 3 is 2.33 bits per heavy atom. The van der Waals surface area contributed by atoms with E-state index in [0.717, 1.165) is 11.3 Å². The Labute approximate surface area is 229 Å². The fourth-order valence-electron chi connectivity index (χ4n) is 3.66. The molecule has 0 bridgehead atoms. The average molecular weight is 567 g/mol. The van der Waals surface area contributed by atoms with Gasteiger partial charge in [0.05, 0.1) is 16.8 Å². The number of thiophene rings is 2. The van der Waals surface area contributed by atoms with Gasteiger partial charge >= 0.3 is 17.9 Å². The zero-order valence-corrected chi connectivity index (χ0v) is 22.0. The van der Waals surface area contributed by atoms with Gasteiger partial charge in [0.15, 0.2) is 5.96 Å². The lowest BCUT2D eigenvalue weighted by atomic mass is 10.1. The molecule has 0 fully saturated rings. The predicted octanol–water partition coefficient (Wildman–Crippen LogP) is 3.90. The molecule has 13 heteroatoms. The van der Waals surface area contributed by atoms with Crippen molar-refractivity contribution in [2.75, 3.05) is 0 Å². The van der Waals surface area contributed by atoms with Crippen LogP contribution in [0.5, 0.6) is 5.75 Å². The molecule has 0 saturated heterocycles. The number of rotatable bonds is 9. The van der Waals surface area contributed by atoms with Crippen LogP contribution in [0.1, 0.15) is 42.9 Å². The summed E-state index contributed by atoms with van der Waals surface area (Å²) in [4.78, 5) is 54.2. The van der Waals surface area contributed by atoms with E-state index in [1.54, 1.807) is 41.1 Å². The lowest BCUT2D eigenvalue weighted by Gasteiger charge is -2.26. The van der Waals surface area contributed by atoms with E-state index in [-0.39, 0.29) is 34.3 Å². The zero-order chi connectivity index (χ0) is 28.3. The van der Waals surface area contributed by atoms with Gasteiger partial charge in [-0.25, -0.2) is 19.4 Å². The lowest BCUT2D eigenvalue weighted by Crippen LogP contribution is -2.42. The topological polar surface area (TPSA) is 186 Å². The molecule has 2 aromatic carbocycles. The molecule has 0 spiro atoms. The Balaban J connectivity index is 1.55. The van der Waals surface area contributed by atoms with Crippen LogP contribution in [-0.4, -0.2) is 50.9 Å². The van der Waals surface area contributed by atoms with Gasteiger partial charge in [-0.3, -0.25) is 4.79 Å². The number of benzene rings is 2. The highest BCUT2D eigenvalue weighted by molar-refractivity contribution is 7.17. The largest absolute Gasteiger partial charge is 0.480 e. The Morgan fingerprint density at radius 2 is 1.72 bits per heavy atom. The van der Waals surface area contributed by atoms with Crippen molar-refractivity contribution < 1.29 is 34.1 Å². The molecule has 2 aromatic heterocycles. The summed E-state index contributed by atoms with van der Waals surface area (Å²) in [6, 6.07) is 11.2. The Hall–Kier alpha value is -4.75. The maximum absolute atomic E-state index is 13.5. The maximum Gasteiger partial charge on any atom is 0.345 e. The molecule has 1 atom stereocenters. The summed E-state index contributed by atoms with van der Waals surface area (Å²) in [7, 11) is 0. The number of amides is 1. The van der Waals surface area contributed by atoms with Crippen LogP contribution in [0.15, 0.2) is 64.3 Å². The van der Waals surface area contributed by atoms with E-state index in [9.17, 15) is 29.4 Å². The third-order valence-corrected chi connectivity index (χ3v) is 7.56. The van der Waals surface area contributed by atoms with E-state index in [1.807, 2.05) is 0 Å². The third-order valence-electron chi connectivity index (χ3n) is 5.65. The summed E-state index contributed by atoms with van der Waals surface area (Å²) in [5, 5.41) is 22.5. The van der Waals surface area contributed by atoms with Gasteiger partial charge in [0.1, 0.15) is 16.7 Å². The number of fused-ring (bicyclic) bond motifs is 1. The van der Waals surface area contributed by atoms with Crippen LogP contribution in [-0.2, 0) is 11.3 Å². The first-order valence-corrected chi connectivity index (χ1v) is 13.1. The van der Waals surface area contributed by atoms with Crippen LogP contribution in [0.2, 0.25) is 0 Å². The van der Waals surface area contributed by atoms with Crippen LogP contribution in [0.4, 0.5) is 5.69 Å². The predicted molar refractivity (Wildman–Crippen MR) is 147 cm³/mol. The molecule has 39 heavy (non-hydrogen) atoms. The number of hydrogen-bond acceptors (Lipinski definition) is 8. The number of aliphatic carboxylic acids is 1. The minimum Gasteiger partial charge on any atom is -0.480 e. The van der Waals surface area contributed by atoms with Crippen molar-refractivity contribution in [1.82, 2.24) is 4.90 Å². The molecule has 0 aliphatic rings. The summed E-state index contributed by atoms with van der Waals surface area (Å²) >= 11 is 2.24. The number of carbonyl (C=O) groups excluding carboxylic acids is 2. The molecule has 6 N–H and O–H groups in total. The fourth-order valence-corrected chi connectivity index (χ4v) is 5.37. The van der Waals surface area contributed by atoms with Crippen LogP contribution < -0.4 is 16.2 Å². The van der Waals surface area contributed by atoms with Gasteiger partial charge in [0, 0.05) is 22.0 Å². The molecule has 0 unspecified atom stereocenters. The van der Waals surface area contributed by atoms with E-state index in [1.165, 1.54) is 41.4 Å². The van der Waals surface area contributed by atoms with Crippen molar-refractivity contribution in [3.8, 4) is 5.75 Å². The number of esters is 1. The summed E-state index contributed by atoms with van der Waals surface area (Å²) in [5.41, 5.74) is 12.3. The smallest absolute Gasteiger partial charge is 0.345 e. The highest BCUT2D eigenvalue weighted by Gasteiger charge is 2.29. The first-order chi connectivity index (χ1) is 18.5. The minimum absolute atomic E-state index is 0.0783. The Morgan fingerprint density at radius 1 is 1.00 bits per heavy atom. The molecule has 4 aromatic rings. The zero-order valence-electron chi connectivity index (χ0n) is 20.4. The van der Waals surface area contributed by atoms with Crippen LogP contribution >= 0.6 is 22.7 Å². The number of carboxylic acids is 2. The van der Waals surface area contributed by atoms with Crippen molar-refractivity contribution >= 4 is 68.2 Å². The second-order valence-corrected chi connectivity index (χ2v) is 10.2. The van der Waals surface area contributed by atoms with Crippen LogP contribution in [0, 0.1) is 0 Å². The van der Waals surface area contributed by atoms with Crippen molar-refractivity contribution in [2.24, 2.45) is 16.5 Å². The first kappa shape index (κ1) is 27.3. The van der Waals surface area contributed by atoms with Crippen molar-refractivity contribution in [3.63, 3.8) is 0 Å². The van der Waals surface area contributed by atoms with Crippen LogP contribution in [0.25, 0.3) is 10.1 Å². The molecule has 0 aliphatic carbocycles. The molecule has 200 valence electrons. The first-order valence-electron chi connectivity index (χ1n) is 11.3. The van der Waals surface area contributed by atoms with Crippen molar-refractivity contribution in [3.05, 3.63) is 80.9 Å². The summed E-state index contributed by atoms with van der Waals surface area (Å²) in [5.74, 6) is -3.26. The number of carbonyl (C=O) groups is 4. The number of ether oxygens (including phenoxy) is 1. The number of guanidine groups is 1. The summed E-state index contributed by atoms with van der Waals surface area (Å²) in [6.07, 6.45) is 0. The van der Waals surface area contributed by atoms with Gasteiger partial charge < -0.3 is 31.3 Å². The number of aromatic carboxylic acids is 1. The van der Waals surface area contributed by atoms with E-state index < -0.39 is 29.9 Å². The second-order valence-electron chi connectivity index (χ2n) is 8.35. The molecule has 2 heterocycles. The van der Waals surface area contributed by atoms with Gasteiger partial charge in [0.25, 0.3) is 5.91 Å². The quantitative estimate of drug-likeness (QED) is 0.101. The van der Waals surface area contributed by atoms with Crippen molar-refractivity contribution in [2.45, 2.75) is 19.5 Å². The van der Waals surface area contributed by atoms with E-state index >= 15 is 0 Å². The highest BCUT2D eigenvalue weighted by Crippen LogP contribution is 2.32. The molecule has 4 rings (SSSR count). The lowest BCUT2D eigenvalue weighted by molar-refractivity contribution is -0.141. The van der Waals surface area contributed by atoms with Gasteiger partial charge in [-0.2, -0.15) is 0 Å². The third kappa shape index (κ3) is 6.22.